The summed E-state index contributed by atoms with van der Waals surface area (Å²) in [7, 11) is 0. The zero-order valence-electron chi connectivity index (χ0n) is 14.5. The van der Waals surface area contributed by atoms with Gasteiger partial charge in [-0.1, -0.05) is 26.0 Å². The quantitative estimate of drug-likeness (QED) is 0.484. The van der Waals surface area contributed by atoms with E-state index in [2.05, 4.69) is 29.5 Å². The van der Waals surface area contributed by atoms with Crippen molar-refractivity contribution < 1.29 is 9.50 Å². The predicted octanol–water partition coefficient (Wildman–Crippen LogP) is 2.93. The summed E-state index contributed by atoms with van der Waals surface area (Å²) < 4.78 is 13.2. The molecule has 1 aromatic carbocycles. The Labute approximate surface area is 139 Å². The summed E-state index contributed by atoms with van der Waals surface area (Å²) >= 11 is 0. The fraction of sp³-hybridized carbons (Fsp3) is 0.611. The van der Waals surface area contributed by atoms with Crippen molar-refractivity contribution in [3.63, 3.8) is 0 Å². The van der Waals surface area contributed by atoms with E-state index in [9.17, 15) is 9.50 Å². The third-order valence-corrected chi connectivity index (χ3v) is 3.55. The highest BCUT2D eigenvalue weighted by Gasteiger charge is 2.11. The number of halogens is 1. The van der Waals surface area contributed by atoms with Crippen LogP contribution in [0.25, 0.3) is 0 Å². The van der Waals surface area contributed by atoms with Crippen LogP contribution >= 0.6 is 0 Å². The van der Waals surface area contributed by atoms with Crippen molar-refractivity contribution >= 4 is 5.96 Å². The second-order valence-corrected chi connectivity index (χ2v) is 6.21. The standard InChI is InChI=1S/C18H30FN3O/c1-4-20-18(21-12-15-6-5-7-17(19)11-15)22-13-16(8-9-23)10-14(2)3/h5-7,11,14,16,23H,4,8-10,12-13H2,1-3H3,(H2,20,21,22). The van der Waals surface area contributed by atoms with Crippen LogP contribution in [-0.2, 0) is 6.54 Å². The lowest BCUT2D eigenvalue weighted by Gasteiger charge is -2.20. The van der Waals surface area contributed by atoms with Gasteiger partial charge in [-0.15, -0.1) is 0 Å². The topological polar surface area (TPSA) is 56.7 Å². The number of rotatable bonds is 9. The normalized spacial score (nSPS) is 13.2. The lowest BCUT2D eigenvalue weighted by molar-refractivity contribution is 0.243. The Hall–Kier alpha value is -1.62. The Balaban J connectivity index is 2.60. The number of aliphatic hydroxyl groups is 1. The molecule has 1 rings (SSSR count). The third kappa shape index (κ3) is 8.55. The van der Waals surface area contributed by atoms with E-state index in [-0.39, 0.29) is 12.4 Å². The second kappa shape index (κ2) is 11.0. The minimum atomic E-state index is -0.240. The van der Waals surface area contributed by atoms with Gasteiger partial charge in [-0.25, -0.2) is 9.38 Å². The summed E-state index contributed by atoms with van der Waals surface area (Å²) in [5.41, 5.74) is 0.844. The molecule has 0 spiro atoms. The Bertz CT molecular complexity index is 477. The Morgan fingerprint density at radius 3 is 2.70 bits per heavy atom. The SMILES string of the molecule is CCNC(=NCc1cccc(F)c1)NCC(CCO)CC(C)C. The molecule has 0 aliphatic carbocycles. The van der Waals surface area contributed by atoms with E-state index in [0.717, 1.165) is 37.5 Å². The minimum Gasteiger partial charge on any atom is -0.396 e. The van der Waals surface area contributed by atoms with Crippen LogP contribution < -0.4 is 10.6 Å². The highest BCUT2D eigenvalue weighted by atomic mass is 19.1. The number of hydrogen-bond acceptors (Lipinski definition) is 2. The molecular weight excluding hydrogens is 293 g/mol. The van der Waals surface area contributed by atoms with Crippen molar-refractivity contribution in [2.75, 3.05) is 19.7 Å². The molecule has 130 valence electrons. The van der Waals surface area contributed by atoms with Gasteiger partial charge >= 0.3 is 0 Å². The fourth-order valence-corrected chi connectivity index (χ4v) is 2.54. The molecule has 5 heteroatoms. The maximum Gasteiger partial charge on any atom is 0.191 e. The van der Waals surface area contributed by atoms with Crippen molar-refractivity contribution in [2.24, 2.45) is 16.8 Å². The van der Waals surface area contributed by atoms with Crippen LogP contribution in [0.4, 0.5) is 4.39 Å². The Morgan fingerprint density at radius 2 is 2.09 bits per heavy atom. The van der Waals surface area contributed by atoms with Gasteiger partial charge in [0.15, 0.2) is 5.96 Å². The molecule has 4 nitrogen and oxygen atoms in total. The molecule has 1 aromatic rings. The number of nitrogens with one attached hydrogen (secondary N) is 2. The minimum absolute atomic E-state index is 0.204. The maximum absolute atomic E-state index is 13.2. The van der Waals surface area contributed by atoms with E-state index < -0.39 is 0 Å². The van der Waals surface area contributed by atoms with E-state index in [1.165, 1.54) is 12.1 Å². The van der Waals surface area contributed by atoms with Gasteiger partial charge in [0, 0.05) is 19.7 Å². The molecule has 1 atom stereocenters. The molecule has 0 radical (unpaired) electrons. The highest BCUT2D eigenvalue weighted by Crippen LogP contribution is 2.14. The lowest BCUT2D eigenvalue weighted by Crippen LogP contribution is -2.40. The first-order chi connectivity index (χ1) is 11.0. The maximum atomic E-state index is 13.2. The summed E-state index contributed by atoms with van der Waals surface area (Å²) in [6.07, 6.45) is 1.85. The van der Waals surface area contributed by atoms with E-state index in [0.29, 0.717) is 18.4 Å². The van der Waals surface area contributed by atoms with Crippen molar-refractivity contribution in [1.29, 1.82) is 0 Å². The Kier molecular flexibility index (Phi) is 9.29. The van der Waals surface area contributed by atoms with Crippen LogP contribution in [0.15, 0.2) is 29.3 Å². The molecular formula is C18H30FN3O. The second-order valence-electron chi connectivity index (χ2n) is 6.21. The van der Waals surface area contributed by atoms with Gasteiger partial charge in [-0.3, -0.25) is 0 Å². The molecule has 0 bridgehead atoms. The first-order valence-electron chi connectivity index (χ1n) is 8.42. The van der Waals surface area contributed by atoms with Crippen molar-refractivity contribution in [1.82, 2.24) is 10.6 Å². The average Bonchev–Trinajstić information content (AvgIpc) is 2.49. The molecule has 3 N–H and O–H groups in total. The summed E-state index contributed by atoms with van der Waals surface area (Å²) in [6.45, 7) is 8.56. The van der Waals surface area contributed by atoms with Gasteiger partial charge in [0.25, 0.3) is 0 Å². The molecule has 0 aliphatic rings. The summed E-state index contributed by atoms with van der Waals surface area (Å²) in [5.74, 6) is 1.50. The number of aliphatic hydroxyl groups excluding tert-OH is 1. The van der Waals surface area contributed by atoms with E-state index in [1.807, 2.05) is 13.0 Å². The van der Waals surface area contributed by atoms with Gasteiger partial charge in [0.1, 0.15) is 5.82 Å². The van der Waals surface area contributed by atoms with Crippen LogP contribution in [0.3, 0.4) is 0 Å². The number of benzene rings is 1. The first-order valence-corrected chi connectivity index (χ1v) is 8.42. The summed E-state index contributed by atoms with van der Waals surface area (Å²) in [6, 6.07) is 6.49. The van der Waals surface area contributed by atoms with Crippen LogP contribution in [0.2, 0.25) is 0 Å². The number of hydrogen-bond donors (Lipinski definition) is 3. The molecule has 23 heavy (non-hydrogen) atoms. The first kappa shape index (κ1) is 19.4. The van der Waals surface area contributed by atoms with Gasteiger partial charge in [-0.05, 0) is 49.3 Å². The summed E-state index contributed by atoms with van der Waals surface area (Å²) in [4.78, 5) is 4.50. The monoisotopic (exact) mass is 323 g/mol. The van der Waals surface area contributed by atoms with Crippen molar-refractivity contribution in [3.05, 3.63) is 35.6 Å². The van der Waals surface area contributed by atoms with Crippen molar-refractivity contribution in [2.45, 2.75) is 40.2 Å². The molecule has 0 aromatic heterocycles. The molecule has 0 aliphatic heterocycles. The van der Waals surface area contributed by atoms with Gasteiger partial charge in [0.05, 0.1) is 6.54 Å². The molecule has 0 saturated carbocycles. The predicted molar refractivity (Wildman–Crippen MR) is 93.9 cm³/mol. The number of guanidine groups is 1. The zero-order chi connectivity index (χ0) is 17.1. The Morgan fingerprint density at radius 1 is 1.30 bits per heavy atom. The fourth-order valence-electron chi connectivity index (χ4n) is 2.54. The number of nitrogens with zero attached hydrogens (tertiary/aromatic N) is 1. The van der Waals surface area contributed by atoms with Crippen molar-refractivity contribution in [3.8, 4) is 0 Å². The molecule has 1 unspecified atom stereocenters. The number of aliphatic imine (C=N–C) groups is 1. The molecule has 0 amide bonds. The van der Waals surface area contributed by atoms with Crippen LogP contribution in [0.5, 0.6) is 0 Å². The van der Waals surface area contributed by atoms with E-state index >= 15 is 0 Å². The average molecular weight is 323 g/mol. The van der Waals surface area contributed by atoms with E-state index in [1.54, 1.807) is 6.07 Å². The summed E-state index contributed by atoms with van der Waals surface area (Å²) in [5, 5.41) is 15.7. The molecule has 0 saturated heterocycles. The zero-order valence-corrected chi connectivity index (χ0v) is 14.5. The van der Waals surface area contributed by atoms with Crippen LogP contribution in [-0.4, -0.2) is 30.8 Å². The molecule has 0 fully saturated rings. The van der Waals surface area contributed by atoms with E-state index in [4.69, 9.17) is 0 Å². The lowest BCUT2D eigenvalue weighted by atomic mass is 9.94. The smallest absolute Gasteiger partial charge is 0.191 e. The van der Waals surface area contributed by atoms with Crippen LogP contribution in [0.1, 0.15) is 39.2 Å². The van der Waals surface area contributed by atoms with Gasteiger partial charge in [-0.2, -0.15) is 0 Å². The van der Waals surface area contributed by atoms with Gasteiger partial charge in [0.2, 0.25) is 0 Å². The third-order valence-electron chi connectivity index (χ3n) is 3.55. The largest absolute Gasteiger partial charge is 0.396 e. The van der Waals surface area contributed by atoms with Crippen LogP contribution in [0, 0.1) is 17.7 Å². The highest BCUT2D eigenvalue weighted by molar-refractivity contribution is 5.79. The molecule has 0 heterocycles. The van der Waals surface area contributed by atoms with Gasteiger partial charge < -0.3 is 15.7 Å².